The van der Waals surface area contributed by atoms with Gasteiger partial charge in [-0.05, 0) is 63.1 Å². The van der Waals surface area contributed by atoms with Gasteiger partial charge in [-0.15, -0.1) is 0 Å². The molecule has 1 aromatic carbocycles. The lowest BCUT2D eigenvalue weighted by Gasteiger charge is -2.13. The molecule has 5 nitrogen and oxygen atoms in total. The second-order valence-corrected chi connectivity index (χ2v) is 6.85. The highest BCUT2D eigenvalue weighted by atomic mass is 16.1. The quantitative estimate of drug-likeness (QED) is 0.744. The zero-order valence-corrected chi connectivity index (χ0v) is 15.5. The minimum atomic E-state index is -0.197. The second kappa shape index (κ2) is 8.61. The van der Waals surface area contributed by atoms with E-state index in [4.69, 9.17) is 0 Å². The maximum Gasteiger partial charge on any atom is 0.258 e. The van der Waals surface area contributed by atoms with Crippen LogP contribution in [0.5, 0.6) is 0 Å². The number of anilines is 2. The summed E-state index contributed by atoms with van der Waals surface area (Å²) < 4.78 is 0. The van der Waals surface area contributed by atoms with Crippen molar-refractivity contribution >= 4 is 17.5 Å². The molecule has 0 unspecified atom stereocenters. The summed E-state index contributed by atoms with van der Waals surface area (Å²) in [6.07, 6.45) is 11.5. The number of carbonyl (C=O) groups is 1. The predicted octanol–water partition coefficient (Wildman–Crippen LogP) is 4.65. The number of hydrogen-bond acceptors (Lipinski definition) is 4. The number of carbonyl (C=O) groups excluding carboxylic acids is 1. The third kappa shape index (κ3) is 4.91. The summed E-state index contributed by atoms with van der Waals surface area (Å²) in [7, 11) is 0. The highest BCUT2D eigenvalue weighted by molar-refractivity contribution is 6.04. The molecule has 0 saturated heterocycles. The van der Waals surface area contributed by atoms with Gasteiger partial charge in [-0.3, -0.25) is 4.79 Å². The Bertz CT molecular complexity index is 796. The normalized spacial score (nSPS) is 13.8. The van der Waals surface area contributed by atoms with Crippen LogP contribution in [0, 0.1) is 13.8 Å². The van der Waals surface area contributed by atoms with Crippen molar-refractivity contribution < 1.29 is 4.79 Å². The molecule has 0 spiro atoms. The van der Waals surface area contributed by atoms with Crippen LogP contribution < -0.4 is 10.6 Å². The van der Waals surface area contributed by atoms with E-state index in [9.17, 15) is 4.79 Å². The molecule has 0 atom stereocenters. The van der Waals surface area contributed by atoms with Gasteiger partial charge in [-0.2, -0.15) is 0 Å². The van der Waals surface area contributed by atoms with Crippen molar-refractivity contribution in [3.8, 4) is 0 Å². The third-order valence-electron chi connectivity index (χ3n) is 4.67. The molecule has 0 aliphatic heterocycles. The first-order valence-corrected chi connectivity index (χ1v) is 9.24. The molecule has 1 amide bonds. The lowest BCUT2D eigenvalue weighted by atomic mass is 9.97. The number of benzene rings is 1. The molecule has 26 heavy (non-hydrogen) atoms. The Morgan fingerprint density at radius 2 is 1.96 bits per heavy atom. The number of allylic oxidation sites excluding steroid dienone is 1. The smallest absolute Gasteiger partial charge is 0.258 e. The second-order valence-electron chi connectivity index (χ2n) is 6.85. The molecular weight excluding hydrogens is 324 g/mol. The molecule has 1 aromatic heterocycles. The summed E-state index contributed by atoms with van der Waals surface area (Å²) in [4.78, 5) is 20.9. The topological polar surface area (TPSA) is 66.9 Å². The van der Waals surface area contributed by atoms with Crippen LogP contribution in [-0.4, -0.2) is 22.4 Å². The summed E-state index contributed by atoms with van der Waals surface area (Å²) in [5, 5.41) is 6.16. The molecule has 1 aliphatic rings. The first-order valence-electron chi connectivity index (χ1n) is 9.24. The lowest BCUT2D eigenvalue weighted by molar-refractivity contribution is 0.102. The maximum atomic E-state index is 12.4. The third-order valence-corrected chi connectivity index (χ3v) is 4.67. The van der Waals surface area contributed by atoms with E-state index in [0.717, 1.165) is 29.8 Å². The fraction of sp³-hybridized carbons (Fsp3) is 0.381. The van der Waals surface area contributed by atoms with Crippen molar-refractivity contribution in [1.29, 1.82) is 0 Å². The Balaban J connectivity index is 1.54. The highest BCUT2D eigenvalue weighted by Crippen LogP contribution is 2.20. The Labute approximate surface area is 155 Å². The van der Waals surface area contributed by atoms with Crippen LogP contribution >= 0.6 is 0 Å². The van der Waals surface area contributed by atoms with E-state index in [-0.39, 0.29) is 5.91 Å². The van der Waals surface area contributed by atoms with Gasteiger partial charge in [0, 0.05) is 24.6 Å². The van der Waals surface area contributed by atoms with Gasteiger partial charge in [-0.1, -0.05) is 23.8 Å². The first kappa shape index (κ1) is 18.1. The number of hydrogen-bond donors (Lipinski definition) is 2. The summed E-state index contributed by atoms with van der Waals surface area (Å²) >= 11 is 0. The van der Waals surface area contributed by atoms with Crippen LogP contribution in [0.15, 0.2) is 42.2 Å². The molecule has 1 aliphatic carbocycles. The van der Waals surface area contributed by atoms with Crippen LogP contribution in [0.1, 0.15) is 53.6 Å². The van der Waals surface area contributed by atoms with Gasteiger partial charge in [0.1, 0.15) is 0 Å². The zero-order valence-electron chi connectivity index (χ0n) is 15.5. The summed E-state index contributed by atoms with van der Waals surface area (Å²) in [5.74, 6) is 0.363. The average molecular weight is 350 g/mol. The van der Waals surface area contributed by atoms with Crippen molar-refractivity contribution in [2.45, 2.75) is 46.0 Å². The molecule has 0 fully saturated rings. The molecule has 3 rings (SSSR count). The number of nitrogens with one attached hydrogen (secondary N) is 2. The van der Waals surface area contributed by atoms with Gasteiger partial charge in [0.05, 0.1) is 5.56 Å². The molecule has 2 aromatic rings. The number of rotatable bonds is 6. The summed E-state index contributed by atoms with van der Waals surface area (Å²) in [6.45, 7) is 4.79. The molecule has 2 N–H and O–H groups in total. The molecule has 1 heterocycles. The van der Waals surface area contributed by atoms with Crippen LogP contribution in [-0.2, 0) is 0 Å². The molecule has 0 saturated carbocycles. The van der Waals surface area contributed by atoms with Gasteiger partial charge in [0.2, 0.25) is 5.95 Å². The van der Waals surface area contributed by atoms with Gasteiger partial charge >= 0.3 is 0 Å². The van der Waals surface area contributed by atoms with Crippen molar-refractivity contribution in [3.05, 3.63) is 58.9 Å². The standard InChI is InChI=1S/C21H26N4O/c1-15-8-9-16(2)19(12-15)25-20(26)18-13-23-21(24-14-18)22-11-10-17-6-4-3-5-7-17/h6,8-9,12-14H,3-5,7,10-11H2,1-2H3,(H,25,26)(H,22,23,24). The fourth-order valence-corrected chi connectivity index (χ4v) is 3.07. The fourth-order valence-electron chi connectivity index (χ4n) is 3.07. The van der Waals surface area contributed by atoms with Gasteiger partial charge in [0.15, 0.2) is 0 Å². The number of aromatic nitrogens is 2. The van der Waals surface area contributed by atoms with Crippen LogP contribution in [0.3, 0.4) is 0 Å². The van der Waals surface area contributed by atoms with E-state index < -0.39 is 0 Å². The zero-order chi connectivity index (χ0) is 18.4. The molecular formula is C21H26N4O. The minimum Gasteiger partial charge on any atom is -0.354 e. The van der Waals surface area contributed by atoms with E-state index in [1.807, 2.05) is 32.0 Å². The molecule has 0 radical (unpaired) electrons. The summed E-state index contributed by atoms with van der Waals surface area (Å²) in [6, 6.07) is 5.98. The largest absolute Gasteiger partial charge is 0.354 e. The molecule has 5 heteroatoms. The lowest BCUT2D eigenvalue weighted by Crippen LogP contribution is -2.14. The number of amides is 1. The maximum absolute atomic E-state index is 12.4. The van der Waals surface area contributed by atoms with Crippen LogP contribution in [0.4, 0.5) is 11.6 Å². The molecule has 136 valence electrons. The van der Waals surface area contributed by atoms with Gasteiger partial charge in [0.25, 0.3) is 5.91 Å². The van der Waals surface area contributed by atoms with E-state index in [0.29, 0.717) is 11.5 Å². The highest BCUT2D eigenvalue weighted by Gasteiger charge is 2.10. The van der Waals surface area contributed by atoms with Gasteiger partial charge < -0.3 is 10.6 Å². The monoisotopic (exact) mass is 350 g/mol. The Kier molecular flexibility index (Phi) is 6.00. The molecule has 0 bridgehead atoms. The van der Waals surface area contributed by atoms with E-state index in [1.54, 1.807) is 12.4 Å². The SMILES string of the molecule is Cc1ccc(C)c(NC(=O)c2cnc(NCCC3=CCCCC3)nc2)c1. The first-order chi connectivity index (χ1) is 12.6. The number of nitrogens with zero attached hydrogens (tertiary/aromatic N) is 2. The Hall–Kier alpha value is -2.69. The Morgan fingerprint density at radius 3 is 2.69 bits per heavy atom. The van der Waals surface area contributed by atoms with Crippen molar-refractivity contribution in [2.75, 3.05) is 17.2 Å². The van der Waals surface area contributed by atoms with E-state index in [1.165, 1.54) is 31.3 Å². The van der Waals surface area contributed by atoms with E-state index in [2.05, 4.69) is 26.7 Å². The summed E-state index contributed by atoms with van der Waals surface area (Å²) in [5.41, 5.74) is 4.92. The van der Waals surface area contributed by atoms with Crippen LogP contribution in [0.25, 0.3) is 0 Å². The predicted molar refractivity (Wildman–Crippen MR) is 106 cm³/mol. The van der Waals surface area contributed by atoms with Crippen LogP contribution in [0.2, 0.25) is 0 Å². The van der Waals surface area contributed by atoms with Crippen molar-refractivity contribution in [2.24, 2.45) is 0 Å². The Morgan fingerprint density at radius 1 is 1.15 bits per heavy atom. The van der Waals surface area contributed by atoms with E-state index >= 15 is 0 Å². The van der Waals surface area contributed by atoms with Crippen molar-refractivity contribution in [1.82, 2.24) is 9.97 Å². The van der Waals surface area contributed by atoms with Crippen molar-refractivity contribution in [3.63, 3.8) is 0 Å². The number of aryl methyl sites for hydroxylation is 2. The van der Waals surface area contributed by atoms with Gasteiger partial charge in [-0.25, -0.2) is 9.97 Å². The average Bonchev–Trinajstić information content (AvgIpc) is 2.66. The minimum absolute atomic E-state index is 0.197.